The van der Waals surface area contributed by atoms with Gasteiger partial charge in [-0.15, -0.1) is 10.2 Å². The third-order valence-electron chi connectivity index (χ3n) is 2.59. The van der Waals surface area contributed by atoms with Crippen molar-refractivity contribution >= 4 is 0 Å². The predicted octanol–water partition coefficient (Wildman–Crippen LogP) is 1.41. The number of rotatable bonds is 3. The molecule has 0 saturated carbocycles. The van der Waals surface area contributed by atoms with E-state index >= 15 is 0 Å². The summed E-state index contributed by atoms with van der Waals surface area (Å²) in [7, 11) is 1.64. The fourth-order valence-corrected chi connectivity index (χ4v) is 1.60. The van der Waals surface area contributed by atoms with E-state index in [1.54, 1.807) is 7.11 Å². The van der Waals surface area contributed by atoms with Gasteiger partial charge in [-0.1, -0.05) is 0 Å². The first-order chi connectivity index (χ1) is 7.24. The molecule has 0 atom stereocenters. The highest BCUT2D eigenvalue weighted by Crippen LogP contribution is 2.28. The fourth-order valence-electron chi connectivity index (χ4n) is 1.60. The maximum absolute atomic E-state index is 9.27. The molecular formula is C11H21N3O2. The van der Waals surface area contributed by atoms with Gasteiger partial charge in [0.25, 0.3) is 0 Å². The topological polar surface area (TPSA) is 60.2 Å². The third-order valence-corrected chi connectivity index (χ3v) is 2.59. The fraction of sp³-hybridized carbons (Fsp3) is 0.818. The van der Waals surface area contributed by atoms with Crippen LogP contribution >= 0.6 is 0 Å². The lowest BCUT2D eigenvalue weighted by molar-refractivity contribution is 0.00482. The lowest BCUT2D eigenvalue weighted by Crippen LogP contribution is -2.33. The van der Waals surface area contributed by atoms with Crippen molar-refractivity contribution in [2.24, 2.45) is 0 Å². The molecule has 1 rings (SSSR count). The van der Waals surface area contributed by atoms with E-state index < -0.39 is 5.60 Å². The van der Waals surface area contributed by atoms with Crippen LogP contribution in [0.2, 0.25) is 0 Å². The number of aliphatic hydroxyl groups excluding tert-OH is 1. The van der Waals surface area contributed by atoms with Gasteiger partial charge in [-0.3, -0.25) is 0 Å². The quantitative estimate of drug-likeness (QED) is 0.848. The van der Waals surface area contributed by atoms with Crippen LogP contribution in [0.5, 0.6) is 0 Å². The molecule has 16 heavy (non-hydrogen) atoms. The second-order valence-electron chi connectivity index (χ2n) is 5.32. The van der Waals surface area contributed by atoms with Crippen molar-refractivity contribution in [3.05, 3.63) is 11.6 Å². The standard InChI is InChI=1S/C11H21N3O2/c1-10(2,3)14-8(7-15)12-13-9(14)11(4,5)16-6/h15H,7H2,1-6H3. The number of aromatic nitrogens is 3. The highest BCUT2D eigenvalue weighted by atomic mass is 16.5. The number of ether oxygens (including phenoxy) is 1. The van der Waals surface area contributed by atoms with Crippen LogP contribution in [0.1, 0.15) is 46.3 Å². The number of aliphatic hydroxyl groups is 1. The first kappa shape index (κ1) is 13.1. The normalized spacial score (nSPS) is 13.2. The Morgan fingerprint density at radius 2 is 1.75 bits per heavy atom. The molecule has 92 valence electrons. The maximum Gasteiger partial charge on any atom is 0.165 e. The molecule has 0 amide bonds. The van der Waals surface area contributed by atoms with E-state index in [0.717, 1.165) is 5.82 Å². The molecule has 1 N–H and O–H groups in total. The summed E-state index contributed by atoms with van der Waals surface area (Å²) < 4.78 is 7.34. The molecule has 0 aliphatic rings. The van der Waals surface area contributed by atoms with Gasteiger partial charge in [0.05, 0.1) is 0 Å². The number of hydrogen-bond acceptors (Lipinski definition) is 4. The average molecular weight is 227 g/mol. The minimum atomic E-state index is -0.520. The van der Waals surface area contributed by atoms with Gasteiger partial charge in [0, 0.05) is 12.6 Å². The summed E-state index contributed by atoms with van der Waals surface area (Å²) in [6, 6.07) is 0. The van der Waals surface area contributed by atoms with Crippen molar-refractivity contribution < 1.29 is 9.84 Å². The number of methoxy groups -OCH3 is 1. The lowest BCUT2D eigenvalue weighted by atomic mass is 10.0. The van der Waals surface area contributed by atoms with Gasteiger partial charge >= 0.3 is 0 Å². The SMILES string of the molecule is COC(C)(C)c1nnc(CO)n1C(C)(C)C. The number of hydrogen-bond donors (Lipinski definition) is 1. The molecule has 0 bridgehead atoms. The van der Waals surface area contributed by atoms with E-state index in [2.05, 4.69) is 10.2 Å². The van der Waals surface area contributed by atoms with Gasteiger partial charge in [-0.25, -0.2) is 0 Å². The summed E-state index contributed by atoms with van der Waals surface area (Å²) in [5, 5.41) is 17.4. The second kappa shape index (κ2) is 4.14. The molecule has 1 aromatic rings. The Morgan fingerprint density at radius 1 is 1.19 bits per heavy atom. The average Bonchev–Trinajstić information content (AvgIpc) is 2.61. The van der Waals surface area contributed by atoms with Crippen molar-refractivity contribution in [2.45, 2.75) is 52.4 Å². The zero-order valence-electron chi connectivity index (χ0n) is 10.9. The van der Waals surface area contributed by atoms with Crippen LogP contribution in [-0.2, 0) is 22.5 Å². The Balaban J connectivity index is 3.37. The van der Waals surface area contributed by atoms with Crippen LogP contribution in [0.4, 0.5) is 0 Å². The molecule has 0 spiro atoms. The van der Waals surface area contributed by atoms with Gasteiger partial charge < -0.3 is 14.4 Å². The summed E-state index contributed by atoms with van der Waals surface area (Å²) in [4.78, 5) is 0. The van der Waals surface area contributed by atoms with Crippen molar-refractivity contribution in [3.63, 3.8) is 0 Å². The summed E-state index contributed by atoms with van der Waals surface area (Å²) in [5.74, 6) is 1.29. The van der Waals surface area contributed by atoms with Gasteiger partial charge in [-0.05, 0) is 34.6 Å². The van der Waals surface area contributed by atoms with Crippen LogP contribution in [0.15, 0.2) is 0 Å². The van der Waals surface area contributed by atoms with E-state index in [1.165, 1.54) is 0 Å². The minimum Gasteiger partial charge on any atom is -0.388 e. The van der Waals surface area contributed by atoms with E-state index in [1.807, 2.05) is 39.2 Å². The zero-order chi connectivity index (χ0) is 12.6. The van der Waals surface area contributed by atoms with Gasteiger partial charge in [0.15, 0.2) is 11.6 Å². The Kier molecular flexibility index (Phi) is 3.40. The van der Waals surface area contributed by atoms with E-state index in [9.17, 15) is 5.11 Å². The zero-order valence-corrected chi connectivity index (χ0v) is 10.9. The third kappa shape index (κ3) is 2.25. The molecule has 0 aliphatic carbocycles. The van der Waals surface area contributed by atoms with E-state index in [0.29, 0.717) is 5.82 Å². The Hall–Kier alpha value is -0.940. The number of nitrogens with zero attached hydrogens (tertiary/aromatic N) is 3. The summed E-state index contributed by atoms with van der Waals surface area (Å²) in [6.07, 6.45) is 0. The van der Waals surface area contributed by atoms with Crippen LogP contribution in [0, 0.1) is 0 Å². The highest BCUT2D eigenvalue weighted by molar-refractivity contribution is 5.07. The molecule has 0 radical (unpaired) electrons. The second-order valence-corrected chi connectivity index (χ2v) is 5.32. The first-order valence-electron chi connectivity index (χ1n) is 5.35. The van der Waals surface area contributed by atoms with Gasteiger partial charge in [0.1, 0.15) is 12.2 Å². The molecule has 0 aliphatic heterocycles. The molecule has 0 unspecified atom stereocenters. The summed E-state index contributed by atoms with van der Waals surface area (Å²) in [5.41, 5.74) is -0.708. The monoisotopic (exact) mass is 227 g/mol. The maximum atomic E-state index is 9.27. The molecule has 1 heterocycles. The Morgan fingerprint density at radius 3 is 2.12 bits per heavy atom. The Labute approximate surface area is 96.5 Å². The van der Waals surface area contributed by atoms with Crippen molar-refractivity contribution in [3.8, 4) is 0 Å². The smallest absolute Gasteiger partial charge is 0.165 e. The molecule has 1 aromatic heterocycles. The largest absolute Gasteiger partial charge is 0.388 e. The summed E-state index contributed by atoms with van der Waals surface area (Å²) in [6.45, 7) is 9.88. The van der Waals surface area contributed by atoms with Gasteiger partial charge in [-0.2, -0.15) is 0 Å². The van der Waals surface area contributed by atoms with Crippen LogP contribution in [-0.4, -0.2) is 27.0 Å². The van der Waals surface area contributed by atoms with E-state index in [-0.39, 0.29) is 12.1 Å². The summed E-state index contributed by atoms with van der Waals surface area (Å²) >= 11 is 0. The van der Waals surface area contributed by atoms with E-state index in [4.69, 9.17) is 4.74 Å². The minimum absolute atomic E-state index is 0.121. The van der Waals surface area contributed by atoms with Crippen molar-refractivity contribution in [1.82, 2.24) is 14.8 Å². The Bertz CT molecular complexity index is 364. The molecule has 0 saturated heterocycles. The molecule has 0 fully saturated rings. The van der Waals surface area contributed by atoms with Gasteiger partial charge in [0.2, 0.25) is 0 Å². The highest BCUT2D eigenvalue weighted by Gasteiger charge is 2.32. The first-order valence-corrected chi connectivity index (χ1v) is 5.35. The van der Waals surface area contributed by atoms with Crippen LogP contribution in [0.3, 0.4) is 0 Å². The van der Waals surface area contributed by atoms with Crippen molar-refractivity contribution in [2.75, 3.05) is 7.11 Å². The van der Waals surface area contributed by atoms with Crippen LogP contribution < -0.4 is 0 Å². The predicted molar refractivity (Wildman–Crippen MR) is 61.0 cm³/mol. The lowest BCUT2D eigenvalue weighted by Gasteiger charge is -2.30. The van der Waals surface area contributed by atoms with Crippen molar-refractivity contribution in [1.29, 1.82) is 0 Å². The molecule has 5 heteroatoms. The molecular weight excluding hydrogens is 206 g/mol. The molecule has 0 aromatic carbocycles. The molecule has 5 nitrogen and oxygen atoms in total. The van der Waals surface area contributed by atoms with Crippen LogP contribution in [0.25, 0.3) is 0 Å².